The maximum atomic E-state index is 12.3. The third-order valence-corrected chi connectivity index (χ3v) is 4.27. The predicted molar refractivity (Wildman–Crippen MR) is 80.1 cm³/mol. The largest absolute Gasteiger partial charge is 0.380 e. The maximum absolute atomic E-state index is 12.3. The molecular weight excluding hydrogens is 276 g/mol. The summed E-state index contributed by atoms with van der Waals surface area (Å²) in [6, 6.07) is 7.33. The average molecular weight is 300 g/mol. The van der Waals surface area contributed by atoms with E-state index in [9.17, 15) is 8.42 Å². The molecule has 6 heteroatoms. The van der Waals surface area contributed by atoms with E-state index >= 15 is 0 Å². The van der Waals surface area contributed by atoms with Crippen LogP contribution in [-0.4, -0.2) is 34.2 Å². The standard InChI is InChI=1S/C14H24N2O3S/c1-4-19-10-9-16-20(17,18)14-8-6-5-7-13(14)11-15-12(2)3/h5-8,12,15-16H,4,9-11H2,1-3H3. The Bertz CT molecular complexity index is 501. The molecule has 0 aliphatic heterocycles. The highest BCUT2D eigenvalue weighted by Crippen LogP contribution is 2.15. The second kappa shape index (κ2) is 8.36. The van der Waals surface area contributed by atoms with E-state index < -0.39 is 10.0 Å². The lowest BCUT2D eigenvalue weighted by Crippen LogP contribution is -2.29. The summed E-state index contributed by atoms with van der Waals surface area (Å²) in [5, 5.41) is 3.23. The van der Waals surface area contributed by atoms with Crippen LogP contribution in [0.5, 0.6) is 0 Å². The minimum absolute atomic E-state index is 0.280. The third-order valence-electron chi connectivity index (χ3n) is 2.71. The summed E-state index contributed by atoms with van der Waals surface area (Å²) in [6.07, 6.45) is 0. The Kier molecular flexibility index (Phi) is 7.15. The second-order valence-corrected chi connectivity index (χ2v) is 6.47. The molecule has 114 valence electrons. The van der Waals surface area contributed by atoms with Crippen LogP contribution in [0.15, 0.2) is 29.2 Å². The first-order valence-electron chi connectivity index (χ1n) is 6.86. The lowest BCUT2D eigenvalue weighted by molar-refractivity contribution is 0.153. The van der Waals surface area contributed by atoms with Gasteiger partial charge in [-0.2, -0.15) is 0 Å². The molecule has 20 heavy (non-hydrogen) atoms. The molecule has 0 spiro atoms. The molecule has 0 aliphatic rings. The van der Waals surface area contributed by atoms with E-state index in [1.807, 2.05) is 32.9 Å². The van der Waals surface area contributed by atoms with Crippen molar-refractivity contribution in [2.75, 3.05) is 19.8 Å². The Morgan fingerprint density at radius 3 is 2.60 bits per heavy atom. The molecule has 0 saturated heterocycles. The second-order valence-electron chi connectivity index (χ2n) is 4.74. The predicted octanol–water partition coefficient (Wildman–Crippen LogP) is 1.50. The molecule has 0 atom stereocenters. The van der Waals surface area contributed by atoms with Crippen molar-refractivity contribution in [1.29, 1.82) is 0 Å². The van der Waals surface area contributed by atoms with Gasteiger partial charge >= 0.3 is 0 Å². The molecular formula is C14H24N2O3S. The zero-order valence-electron chi connectivity index (χ0n) is 12.3. The molecule has 0 aliphatic carbocycles. The van der Waals surface area contributed by atoms with E-state index in [4.69, 9.17) is 4.74 Å². The quantitative estimate of drug-likeness (QED) is 0.678. The molecule has 0 heterocycles. The van der Waals surface area contributed by atoms with Crippen molar-refractivity contribution in [2.24, 2.45) is 0 Å². The first-order chi connectivity index (χ1) is 9.47. The molecule has 2 N–H and O–H groups in total. The van der Waals surface area contributed by atoms with E-state index in [2.05, 4.69) is 10.0 Å². The lowest BCUT2D eigenvalue weighted by atomic mass is 10.2. The van der Waals surface area contributed by atoms with Crippen LogP contribution in [0.3, 0.4) is 0 Å². The third kappa shape index (κ3) is 5.58. The lowest BCUT2D eigenvalue weighted by Gasteiger charge is -2.13. The average Bonchev–Trinajstić information content (AvgIpc) is 2.41. The fraction of sp³-hybridized carbons (Fsp3) is 0.571. The van der Waals surface area contributed by atoms with E-state index in [1.54, 1.807) is 12.1 Å². The smallest absolute Gasteiger partial charge is 0.240 e. The number of rotatable bonds is 9. The number of ether oxygens (including phenoxy) is 1. The van der Waals surface area contributed by atoms with Crippen molar-refractivity contribution in [2.45, 2.75) is 38.3 Å². The molecule has 0 saturated carbocycles. The monoisotopic (exact) mass is 300 g/mol. The molecule has 1 aromatic carbocycles. The van der Waals surface area contributed by atoms with Gasteiger partial charge in [0, 0.05) is 25.7 Å². The zero-order valence-corrected chi connectivity index (χ0v) is 13.2. The van der Waals surface area contributed by atoms with Crippen molar-refractivity contribution in [3.63, 3.8) is 0 Å². The van der Waals surface area contributed by atoms with Crippen molar-refractivity contribution < 1.29 is 13.2 Å². The van der Waals surface area contributed by atoms with Gasteiger partial charge in [0.05, 0.1) is 11.5 Å². The van der Waals surface area contributed by atoms with Gasteiger partial charge in [-0.15, -0.1) is 0 Å². The van der Waals surface area contributed by atoms with Gasteiger partial charge in [-0.05, 0) is 18.6 Å². The Labute approximate surface area is 121 Å². The van der Waals surface area contributed by atoms with E-state index in [0.717, 1.165) is 5.56 Å². The molecule has 0 amide bonds. The minimum Gasteiger partial charge on any atom is -0.380 e. The molecule has 0 aromatic heterocycles. The first kappa shape index (κ1) is 17.1. The summed E-state index contributed by atoms with van der Waals surface area (Å²) >= 11 is 0. The van der Waals surface area contributed by atoms with Crippen LogP contribution >= 0.6 is 0 Å². The summed E-state index contributed by atoms with van der Waals surface area (Å²) in [7, 11) is -3.49. The normalized spacial score (nSPS) is 12.0. The minimum atomic E-state index is -3.49. The van der Waals surface area contributed by atoms with Crippen molar-refractivity contribution in [3.05, 3.63) is 29.8 Å². The van der Waals surface area contributed by atoms with Gasteiger partial charge in [0.15, 0.2) is 0 Å². The van der Waals surface area contributed by atoms with Crippen molar-refractivity contribution >= 4 is 10.0 Å². The van der Waals surface area contributed by atoms with Crippen molar-refractivity contribution in [1.82, 2.24) is 10.0 Å². The molecule has 0 radical (unpaired) electrons. The number of nitrogens with one attached hydrogen (secondary N) is 2. The SMILES string of the molecule is CCOCCNS(=O)(=O)c1ccccc1CNC(C)C. The van der Waals surface area contributed by atoms with Gasteiger partial charge in [0.25, 0.3) is 0 Å². The van der Waals surface area contributed by atoms with Gasteiger partial charge in [-0.1, -0.05) is 32.0 Å². The highest BCUT2D eigenvalue weighted by molar-refractivity contribution is 7.89. The maximum Gasteiger partial charge on any atom is 0.240 e. The summed E-state index contributed by atoms with van der Waals surface area (Å²) in [5.74, 6) is 0. The molecule has 0 unspecified atom stereocenters. The molecule has 1 rings (SSSR count). The molecule has 5 nitrogen and oxygen atoms in total. The van der Waals surface area contributed by atoms with Gasteiger partial charge in [0.1, 0.15) is 0 Å². The van der Waals surface area contributed by atoms with Crippen LogP contribution in [0.25, 0.3) is 0 Å². The summed E-state index contributed by atoms with van der Waals surface area (Å²) in [5.41, 5.74) is 0.769. The Balaban J connectivity index is 2.77. The fourth-order valence-corrected chi connectivity index (χ4v) is 2.95. The van der Waals surface area contributed by atoms with Crippen LogP contribution in [0.4, 0.5) is 0 Å². The van der Waals surface area contributed by atoms with E-state index in [1.165, 1.54) is 0 Å². The topological polar surface area (TPSA) is 67.4 Å². The van der Waals surface area contributed by atoms with Crippen LogP contribution in [0.1, 0.15) is 26.3 Å². The van der Waals surface area contributed by atoms with Gasteiger partial charge < -0.3 is 10.1 Å². The summed E-state index contributed by atoms with van der Waals surface area (Å²) in [4.78, 5) is 0.324. The van der Waals surface area contributed by atoms with Gasteiger partial charge in [-0.3, -0.25) is 0 Å². The first-order valence-corrected chi connectivity index (χ1v) is 8.34. The van der Waals surface area contributed by atoms with Crippen LogP contribution in [0.2, 0.25) is 0 Å². The molecule has 0 bridgehead atoms. The summed E-state index contributed by atoms with van der Waals surface area (Å²) in [6.45, 7) is 7.69. The molecule has 0 fully saturated rings. The number of benzene rings is 1. The Hall–Kier alpha value is -0.950. The Morgan fingerprint density at radius 2 is 1.95 bits per heavy atom. The zero-order chi connectivity index (χ0) is 15.0. The summed E-state index contributed by atoms with van der Waals surface area (Å²) < 4.78 is 32.2. The van der Waals surface area contributed by atoms with E-state index in [-0.39, 0.29) is 6.54 Å². The number of hydrogen-bond donors (Lipinski definition) is 2. The Morgan fingerprint density at radius 1 is 1.25 bits per heavy atom. The molecule has 1 aromatic rings. The van der Waals surface area contributed by atoms with Gasteiger partial charge in [-0.25, -0.2) is 13.1 Å². The van der Waals surface area contributed by atoms with Crippen LogP contribution in [0, 0.1) is 0 Å². The number of hydrogen-bond acceptors (Lipinski definition) is 4. The highest BCUT2D eigenvalue weighted by atomic mass is 32.2. The number of sulfonamides is 1. The van der Waals surface area contributed by atoms with E-state index in [0.29, 0.717) is 30.7 Å². The van der Waals surface area contributed by atoms with Crippen LogP contribution < -0.4 is 10.0 Å². The van der Waals surface area contributed by atoms with Crippen molar-refractivity contribution in [3.8, 4) is 0 Å². The highest BCUT2D eigenvalue weighted by Gasteiger charge is 2.17. The van der Waals surface area contributed by atoms with Gasteiger partial charge in [0.2, 0.25) is 10.0 Å². The van der Waals surface area contributed by atoms with Crippen LogP contribution in [-0.2, 0) is 21.3 Å². The fourth-order valence-electron chi connectivity index (χ4n) is 1.70.